The molecule has 2 aliphatic rings. The molecule has 2 heterocycles. The molecule has 1 aromatic carbocycles. The van der Waals surface area contributed by atoms with Gasteiger partial charge in [-0.2, -0.15) is 13.2 Å². The van der Waals surface area contributed by atoms with Crippen LogP contribution in [0, 0.1) is 5.92 Å². The molecule has 6 nitrogen and oxygen atoms in total. The lowest BCUT2D eigenvalue weighted by Gasteiger charge is -2.45. The number of benzene rings is 1. The molecule has 0 radical (unpaired) electrons. The van der Waals surface area contributed by atoms with Crippen molar-refractivity contribution in [1.29, 1.82) is 0 Å². The van der Waals surface area contributed by atoms with E-state index in [4.69, 9.17) is 0 Å². The van der Waals surface area contributed by atoms with E-state index in [1.54, 1.807) is 0 Å². The highest BCUT2D eigenvalue weighted by Crippen LogP contribution is 2.32. The van der Waals surface area contributed by atoms with Crippen molar-refractivity contribution in [2.75, 3.05) is 37.7 Å². The van der Waals surface area contributed by atoms with E-state index in [2.05, 4.69) is 0 Å². The van der Waals surface area contributed by atoms with Gasteiger partial charge in [-0.1, -0.05) is 0 Å². The zero-order valence-electron chi connectivity index (χ0n) is 15.5. The monoisotopic (exact) mass is 404 g/mol. The van der Waals surface area contributed by atoms with Crippen molar-refractivity contribution in [1.82, 2.24) is 4.90 Å². The fourth-order valence-corrected chi connectivity index (χ4v) is 4.15. The summed E-state index contributed by atoms with van der Waals surface area (Å²) in [5.74, 6) is 0.273. The maximum atomic E-state index is 12.7. The van der Waals surface area contributed by atoms with Crippen molar-refractivity contribution in [2.45, 2.75) is 43.4 Å². The molecule has 0 saturated carbocycles. The summed E-state index contributed by atoms with van der Waals surface area (Å²) in [7, 11) is 0. The summed E-state index contributed by atoms with van der Waals surface area (Å²) in [6.45, 7) is 1.84. The zero-order valence-corrected chi connectivity index (χ0v) is 15.5. The topological polar surface area (TPSA) is 87.4 Å². The van der Waals surface area contributed by atoms with Crippen molar-refractivity contribution >= 4 is 5.69 Å². The molecule has 0 bridgehead atoms. The molecule has 158 valence electrons. The number of aliphatic hydroxyl groups is 4. The molecule has 9 heteroatoms. The van der Waals surface area contributed by atoms with E-state index in [9.17, 15) is 33.6 Å². The second-order valence-electron chi connectivity index (χ2n) is 7.73. The average molecular weight is 404 g/mol. The van der Waals surface area contributed by atoms with E-state index >= 15 is 0 Å². The Balaban J connectivity index is 1.55. The third-order valence-corrected chi connectivity index (χ3v) is 5.88. The lowest BCUT2D eigenvalue weighted by Crippen LogP contribution is -2.63. The van der Waals surface area contributed by atoms with Crippen LogP contribution in [0.4, 0.5) is 18.9 Å². The first kappa shape index (κ1) is 21.3. The second-order valence-corrected chi connectivity index (χ2v) is 7.73. The minimum atomic E-state index is -4.34. The number of likely N-dealkylation sites (tertiary alicyclic amines) is 1. The number of hydrogen-bond donors (Lipinski definition) is 4. The molecular formula is C19H27F3N2O4. The predicted octanol–water partition coefficient (Wildman–Crippen LogP) is 0.681. The van der Waals surface area contributed by atoms with Gasteiger partial charge in [0.2, 0.25) is 0 Å². The number of anilines is 1. The summed E-state index contributed by atoms with van der Waals surface area (Å²) < 4.78 is 38.1. The Morgan fingerprint density at radius 1 is 0.964 bits per heavy atom. The van der Waals surface area contributed by atoms with Gasteiger partial charge in [0.25, 0.3) is 0 Å². The molecule has 2 saturated heterocycles. The second kappa shape index (κ2) is 8.54. The van der Waals surface area contributed by atoms with E-state index in [1.165, 1.54) is 12.1 Å². The van der Waals surface area contributed by atoms with Gasteiger partial charge in [0, 0.05) is 31.9 Å². The number of halogens is 3. The quantitative estimate of drug-likeness (QED) is 0.591. The van der Waals surface area contributed by atoms with Gasteiger partial charge in [-0.05, 0) is 43.0 Å². The first-order valence-corrected chi connectivity index (χ1v) is 9.52. The molecule has 0 unspecified atom stereocenters. The first-order valence-electron chi connectivity index (χ1n) is 9.52. The van der Waals surface area contributed by atoms with Gasteiger partial charge >= 0.3 is 6.18 Å². The fraction of sp³-hybridized carbons (Fsp3) is 0.684. The van der Waals surface area contributed by atoms with E-state index in [0.29, 0.717) is 19.6 Å². The van der Waals surface area contributed by atoms with E-state index < -0.39 is 36.1 Å². The lowest BCUT2D eigenvalue weighted by molar-refractivity contribution is -0.147. The van der Waals surface area contributed by atoms with Crippen molar-refractivity contribution in [2.24, 2.45) is 5.92 Å². The first-order chi connectivity index (χ1) is 13.2. The Bertz CT molecular complexity index is 635. The van der Waals surface area contributed by atoms with Crippen LogP contribution in [0.5, 0.6) is 0 Å². The molecule has 1 aromatic rings. The van der Waals surface area contributed by atoms with Crippen LogP contribution in [-0.2, 0) is 6.18 Å². The molecule has 0 aliphatic carbocycles. The number of β-amino-alcohol motifs (C(OH)–C–C–N with tert-alkyl or cyclic N) is 1. The molecule has 4 N–H and O–H groups in total. The van der Waals surface area contributed by atoms with Crippen LogP contribution >= 0.6 is 0 Å². The maximum absolute atomic E-state index is 12.7. The summed E-state index contributed by atoms with van der Waals surface area (Å²) in [5.41, 5.74) is 0.0946. The van der Waals surface area contributed by atoms with Crippen molar-refractivity contribution in [3.8, 4) is 0 Å². The van der Waals surface area contributed by atoms with Gasteiger partial charge in [-0.25, -0.2) is 0 Å². The Labute approximate surface area is 161 Å². The Hall–Kier alpha value is -1.39. The molecule has 0 aromatic heterocycles. The standard InChI is InChI=1S/C19H27F3N2O4/c20-19(21,22)13-1-3-14(4-2-13)23-7-5-12(6-8-23)9-24-10-16(26)18(28)17(27)15(24)11-25/h1-4,12,15-18,25-28H,5-11H2/t15-,16+,17-,18-/m1/s1. The van der Waals surface area contributed by atoms with Gasteiger partial charge in [0.15, 0.2) is 0 Å². The number of nitrogens with zero attached hydrogens (tertiary/aromatic N) is 2. The maximum Gasteiger partial charge on any atom is 0.416 e. The molecule has 28 heavy (non-hydrogen) atoms. The average Bonchev–Trinajstić information content (AvgIpc) is 2.66. The van der Waals surface area contributed by atoms with Crippen LogP contribution < -0.4 is 4.90 Å². The summed E-state index contributed by atoms with van der Waals surface area (Å²) in [4.78, 5) is 3.87. The highest BCUT2D eigenvalue weighted by atomic mass is 19.4. The third kappa shape index (κ3) is 4.60. The van der Waals surface area contributed by atoms with Crippen LogP contribution in [0.15, 0.2) is 24.3 Å². The highest BCUT2D eigenvalue weighted by molar-refractivity contribution is 5.48. The number of rotatable bonds is 4. The summed E-state index contributed by atoms with van der Waals surface area (Å²) in [5, 5.41) is 39.3. The highest BCUT2D eigenvalue weighted by Gasteiger charge is 2.41. The number of alkyl halides is 3. The van der Waals surface area contributed by atoms with Gasteiger partial charge < -0.3 is 25.3 Å². The summed E-state index contributed by atoms with van der Waals surface area (Å²) in [6, 6.07) is 4.55. The summed E-state index contributed by atoms with van der Waals surface area (Å²) in [6.07, 6.45) is -6.26. The Morgan fingerprint density at radius 2 is 1.57 bits per heavy atom. The fourth-order valence-electron chi connectivity index (χ4n) is 4.15. The Morgan fingerprint density at radius 3 is 2.11 bits per heavy atom. The molecule has 2 aliphatic heterocycles. The number of aliphatic hydroxyl groups excluding tert-OH is 4. The van der Waals surface area contributed by atoms with E-state index in [0.717, 1.165) is 30.7 Å². The minimum Gasteiger partial charge on any atom is -0.395 e. The number of piperidine rings is 2. The van der Waals surface area contributed by atoms with Crippen molar-refractivity contribution < 1.29 is 33.6 Å². The SMILES string of the molecule is OC[C@@H]1[C@@H](O)[C@H](O)[C@@H](O)CN1CC1CCN(c2ccc(C(F)(F)F)cc2)CC1. The number of hydrogen-bond acceptors (Lipinski definition) is 6. The van der Waals surface area contributed by atoms with Crippen LogP contribution in [0.2, 0.25) is 0 Å². The van der Waals surface area contributed by atoms with E-state index in [-0.39, 0.29) is 19.1 Å². The molecular weight excluding hydrogens is 377 g/mol. The van der Waals surface area contributed by atoms with E-state index in [1.807, 2.05) is 9.80 Å². The molecule has 3 rings (SSSR count). The lowest BCUT2D eigenvalue weighted by atomic mass is 9.90. The molecule has 0 spiro atoms. The van der Waals surface area contributed by atoms with Gasteiger partial charge in [0.05, 0.1) is 24.3 Å². The molecule has 4 atom stereocenters. The normalized spacial score (nSPS) is 30.6. The summed E-state index contributed by atoms with van der Waals surface area (Å²) >= 11 is 0. The van der Waals surface area contributed by atoms with Crippen LogP contribution in [0.1, 0.15) is 18.4 Å². The molecule has 0 amide bonds. The zero-order chi connectivity index (χ0) is 20.5. The van der Waals surface area contributed by atoms with Crippen molar-refractivity contribution in [3.63, 3.8) is 0 Å². The largest absolute Gasteiger partial charge is 0.416 e. The predicted molar refractivity (Wildman–Crippen MR) is 96.8 cm³/mol. The molecule has 2 fully saturated rings. The minimum absolute atomic E-state index is 0.183. The van der Waals surface area contributed by atoms with Crippen LogP contribution in [0.3, 0.4) is 0 Å². The smallest absolute Gasteiger partial charge is 0.395 e. The van der Waals surface area contributed by atoms with Crippen LogP contribution in [0.25, 0.3) is 0 Å². The van der Waals surface area contributed by atoms with Gasteiger partial charge in [-0.15, -0.1) is 0 Å². The van der Waals surface area contributed by atoms with Gasteiger partial charge in [-0.3, -0.25) is 4.90 Å². The van der Waals surface area contributed by atoms with Gasteiger partial charge in [0.1, 0.15) is 12.2 Å². The Kier molecular flexibility index (Phi) is 6.51. The van der Waals surface area contributed by atoms with Crippen molar-refractivity contribution in [3.05, 3.63) is 29.8 Å². The third-order valence-electron chi connectivity index (χ3n) is 5.88. The van der Waals surface area contributed by atoms with Crippen LogP contribution in [-0.4, -0.2) is 82.5 Å².